The van der Waals surface area contributed by atoms with Gasteiger partial charge in [-0.1, -0.05) is 12.8 Å². The molecule has 2 aliphatic rings. The highest BCUT2D eigenvalue weighted by atomic mass is 16.2. The van der Waals surface area contributed by atoms with Crippen LogP contribution in [0.5, 0.6) is 0 Å². The van der Waals surface area contributed by atoms with Crippen LogP contribution in [0.2, 0.25) is 0 Å². The molecule has 0 atom stereocenters. The van der Waals surface area contributed by atoms with Crippen LogP contribution in [0.4, 0.5) is 0 Å². The maximum atomic E-state index is 12.3. The summed E-state index contributed by atoms with van der Waals surface area (Å²) in [4.78, 5) is 38.6. The molecule has 3 amide bonds. The molecule has 3 N–H and O–H groups in total. The normalized spacial score (nSPS) is 20.0. The Morgan fingerprint density at radius 3 is 2.22 bits per heavy atom. The van der Waals surface area contributed by atoms with E-state index in [1.807, 2.05) is 4.90 Å². The van der Waals surface area contributed by atoms with Gasteiger partial charge in [0.15, 0.2) is 0 Å². The summed E-state index contributed by atoms with van der Waals surface area (Å²) in [6.07, 6.45) is 5.90. The number of rotatable bonds is 6. The van der Waals surface area contributed by atoms with Crippen molar-refractivity contribution in [1.29, 1.82) is 0 Å². The van der Waals surface area contributed by atoms with Crippen molar-refractivity contribution in [3.63, 3.8) is 0 Å². The molecule has 1 saturated heterocycles. The average Bonchev–Trinajstić information content (AvgIpc) is 3.00. The number of carbonyl (C=O) groups is 3. The largest absolute Gasteiger partial charge is 0.369 e. The fourth-order valence-electron chi connectivity index (χ4n) is 3.58. The molecule has 0 unspecified atom stereocenters. The van der Waals surface area contributed by atoms with Gasteiger partial charge in [0.2, 0.25) is 17.7 Å². The van der Waals surface area contributed by atoms with Gasteiger partial charge in [0.1, 0.15) is 0 Å². The van der Waals surface area contributed by atoms with E-state index in [9.17, 15) is 14.4 Å². The Kier molecular flexibility index (Phi) is 6.38. The van der Waals surface area contributed by atoms with Crippen molar-refractivity contribution in [2.24, 2.45) is 5.73 Å². The summed E-state index contributed by atoms with van der Waals surface area (Å²) in [5.74, 6) is -0.359. The molecule has 1 heterocycles. The van der Waals surface area contributed by atoms with Crippen LogP contribution in [0, 0.1) is 0 Å². The molecule has 1 saturated carbocycles. The summed E-state index contributed by atoms with van der Waals surface area (Å²) < 4.78 is 0. The summed E-state index contributed by atoms with van der Waals surface area (Å²) in [6, 6.07) is 0.393. The fourth-order valence-corrected chi connectivity index (χ4v) is 3.58. The topological polar surface area (TPSA) is 95.7 Å². The molecule has 2 fully saturated rings. The SMILES string of the molecule is CC(=O)N1CCC(NC(=O)CN(CC(N)=O)C2CCCC2)CC1. The number of nitrogens with one attached hydrogen (secondary N) is 1. The molecule has 0 aromatic rings. The number of carbonyl (C=O) groups excluding carboxylic acids is 3. The Bertz CT molecular complexity index is 441. The second kappa shape index (κ2) is 8.29. The van der Waals surface area contributed by atoms with Crippen molar-refractivity contribution in [3.05, 3.63) is 0 Å². The van der Waals surface area contributed by atoms with Gasteiger partial charge in [-0.3, -0.25) is 19.3 Å². The first-order chi connectivity index (χ1) is 11.0. The van der Waals surface area contributed by atoms with Gasteiger partial charge in [-0.2, -0.15) is 0 Å². The molecule has 23 heavy (non-hydrogen) atoms. The van der Waals surface area contributed by atoms with E-state index >= 15 is 0 Å². The molecule has 0 bridgehead atoms. The molecule has 0 spiro atoms. The lowest BCUT2D eigenvalue weighted by molar-refractivity contribution is -0.130. The lowest BCUT2D eigenvalue weighted by Crippen LogP contribution is -2.50. The van der Waals surface area contributed by atoms with Crippen LogP contribution < -0.4 is 11.1 Å². The van der Waals surface area contributed by atoms with Gasteiger partial charge >= 0.3 is 0 Å². The van der Waals surface area contributed by atoms with E-state index in [0.29, 0.717) is 13.1 Å². The first-order valence-electron chi connectivity index (χ1n) is 8.53. The second-order valence-electron chi connectivity index (χ2n) is 6.66. The summed E-state index contributed by atoms with van der Waals surface area (Å²) >= 11 is 0. The average molecular weight is 324 g/mol. The first-order valence-corrected chi connectivity index (χ1v) is 8.53. The maximum absolute atomic E-state index is 12.3. The molecule has 0 aromatic carbocycles. The van der Waals surface area contributed by atoms with Gasteiger partial charge in [-0.25, -0.2) is 0 Å². The van der Waals surface area contributed by atoms with Gasteiger partial charge in [-0.15, -0.1) is 0 Å². The molecule has 0 aromatic heterocycles. The Hall–Kier alpha value is -1.63. The van der Waals surface area contributed by atoms with Crippen molar-refractivity contribution in [3.8, 4) is 0 Å². The molecule has 130 valence electrons. The lowest BCUT2D eigenvalue weighted by Gasteiger charge is -2.33. The Morgan fingerprint density at radius 2 is 1.70 bits per heavy atom. The smallest absolute Gasteiger partial charge is 0.234 e. The predicted molar refractivity (Wildman–Crippen MR) is 86.4 cm³/mol. The van der Waals surface area contributed by atoms with Crippen molar-refractivity contribution in [2.75, 3.05) is 26.2 Å². The maximum Gasteiger partial charge on any atom is 0.234 e. The molecule has 7 nitrogen and oxygen atoms in total. The highest BCUT2D eigenvalue weighted by Crippen LogP contribution is 2.23. The van der Waals surface area contributed by atoms with Crippen LogP contribution >= 0.6 is 0 Å². The minimum Gasteiger partial charge on any atom is -0.369 e. The van der Waals surface area contributed by atoms with Crippen LogP contribution in [-0.2, 0) is 14.4 Å². The number of primary amides is 1. The minimum absolute atomic E-state index is 0.0561. The molecular formula is C16H28N4O3. The zero-order chi connectivity index (χ0) is 16.8. The van der Waals surface area contributed by atoms with E-state index in [4.69, 9.17) is 5.73 Å². The number of amides is 3. The standard InChI is InChI=1S/C16H28N4O3/c1-12(21)19-8-6-13(7-9-19)18-16(23)11-20(10-15(17)22)14-4-2-3-5-14/h13-14H,2-11H2,1H3,(H2,17,22)(H,18,23). The third kappa shape index (κ3) is 5.49. The van der Waals surface area contributed by atoms with E-state index in [2.05, 4.69) is 5.32 Å². The Morgan fingerprint density at radius 1 is 1.09 bits per heavy atom. The number of piperidine rings is 1. The molecule has 7 heteroatoms. The number of hydrogen-bond acceptors (Lipinski definition) is 4. The number of hydrogen-bond donors (Lipinski definition) is 2. The van der Waals surface area contributed by atoms with Crippen LogP contribution in [0.1, 0.15) is 45.4 Å². The van der Waals surface area contributed by atoms with E-state index in [1.54, 1.807) is 11.8 Å². The molecule has 2 rings (SSSR count). The predicted octanol–water partition coefficient (Wildman–Crippen LogP) is -0.157. The monoisotopic (exact) mass is 324 g/mol. The van der Waals surface area contributed by atoms with E-state index in [0.717, 1.165) is 38.5 Å². The molecule has 1 aliphatic carbocycles. The van der Waals surface area contributed by atoms with Crippen molar-refractivity contribution < 1.29 is 14.4 Å². The quantitative estimate of drug-likeness (QED) is 0.710. The van der Waals surface area contributed by atoms with Gasteiger partial charge in [0.25, 0.3) is 0 Å². The number of nitrogens with two attached hydrogens (primary N) is 1. The van der Waals surface area contributed by atoms with Crippen molar-refractivity contribution >= 4 is 17.7 Å². The minimum atomic E-state index is -0.389. The van der Waals surface area contributed by atoms with Crippen LogP contribution in [-0.4, -0.2) is 65.8 Å². The van der Waals surface area contributed by atoms with Crippen LogP contribution in [0.15, 0.2) is 0 Å². The van der Waals surface area contributed by atoms with Crippen LogP contribution in [0.3, 0.4) is 0 Å². The molecule has 1 aliphatic heterocycles. The van der Waals surface area contributed by atoms with E-state index in [-0.39, 0.29) is 42.9 Å². The highest BCUT2D eigenvalue weighted by Gasteiger charge is 2.27. The van der Waals surface area contributed by atoms with Gasteiger partial charge in [-0.05, 0) is 25.7 Å². The first kappa shape index (κ1) is 17.7. The summed E-state index contributed by atoms with van der Waals surface area (Å²) in [7, 11) is 0. The van der Waals surface area contributed by atoms with Gasteiger partial charge < -0.3 is 16.0 Å². The van der Waals surface area contributed by atoms with Crippen LogP contribution in [0.25, 0.3) is 0 Å². The number of likely N-dealkylation sites (tertiary alicyclic amines) is 1. The number of nitrogens with zero attached hydrogens (tertiary/aromatic N) is 2. The van der Waals surface area contributed by atoms with Crippen molar-refractivity contribution in [1.82, 2.24) is 15.1 Å². The fraction of sp³-hybridized carbons (Fsp3) is 0.812. The summed E-state index contributed by atoms with van der Waals surface area (Å²) in [6.45, 7) is 3.31. The lowest BCUT2D eigenvalue weighted by atomic mass is 10.0. The molecular weight excluding hydrogens is 296 g/mol. The van der Waals surface area contributed by atoms with Crippen molar-refractivity contribution in [2.45, 2.75) is 57.5 Å². The van der Waals surface area contributed by atoms with Gasteiger partial charge in [0.05, 0.1) is 13.1 Å². The second-order valence-corrected chi connectivity index (χ2v) is 6.66. The Balaban J connectivity index is 1.79. The van der Waals surface area contributed by atoms with E-state index in [1.165, 1.54) is 0 Å². The third-order valence-corrected chi connectivity index (χ3v) is 4.85. The van der Waals surface area contributed by atoms with Gasteiger partial charge in [0, 0.05) is 32.1 Å². The zero-order valence-electron chi connectivity index (χ0n) is 13.9. The molecule has 0 radical (unpaired) electrons. The highest BCUT2D eigenvalue weighted by molar-refractivity contribution is 5.80. The Labute approximate surface area is 137 Å². The van der Waals surface area contributed by atoms with E-state index < -0.39 is 0 Å². The summed E-state index contributed by atoms with van der Waals surface area (Å²) in [5, 5.41) is 3.03. The summed E-state index contributed by atoms with van der Waals surface area (Å²) in [5.41, 5.74) is 5.31. The third-order valence-electron chi connectivity index (χ3n) is 4.85. The zero-order valence-corrected chi connectivity index (χ0v) is 13.9.